The second kappa shape index (κ2) is 54.1. The first-order chi connectivity index (χ1) is 71.0. The number of nitrogens with zero attached hydrogens (tertiary/aromatic N) is 3. The first kappa shape index (κ1) is 114. The number of nitrogens with one attached hydrogen (secondary N) is 7. The monoisotopic (exact) mass is 2060 g/mol. The van der Waals surface area contributed by atoms with E-state index < -0.39 is 131 Å². The topological polar surface area (TPSA) is 699 Å². The fourth-order valence-corrected chi connectivity index (χ4v) is 16.7. The number of nitrogens with two attached hydrogens (primary N) is 1. The number of imide groups is 1. The third kappa shape index (κ3) is 30.9. The van der Waals surface area contributed by atoms with Gasteiger partial charge in [-0.1, -0.05) is 154 Å². The maximum absolute atomic E-state index is 13.2. The highest BCUT2D eigenvalue weighted by Crippen LogP contribution is 2.41. The molecule has 1 aromatic heterocycles. The second-order valence-corrected chi connectivity index (χ2v) is 33.8. The number of hydrogen-bond donors (Lipinski definition) is 18. The molecule has 2 aliphatic heterocycles. The van der Waals surface area contributed by atoms with Crippen molar-refractivity contribution in [3.8, 4) is 5.75 Å². The van der Waals surface area contributed by atoms with Crippen LogP contribution in [0.1, 0.15) is 171 Å². The zero-order valence-electron chi connectivity index (χ0n) is 79.9. The molecule has 0 fully saturated rings. The number of anilines is 7. The van der Waals surface area contributed by atoms with Crippen molar-refractivity contribution >= 4 is 197 Å². The molecule has 0 radical (unpaired) electrons. The van der Waals surface area contributed by atoms with E-state index in [2.05, 4.69) is 38.8 Å². The van der Waals surface area contributed by atoms with Crippen LogP contribution in [0, 0.1) is 0 Å². The van der Waals surface area contributed by atoms with Gasteiger partial charge in [0.25, 0.3) is 11.8 Å². The number of esters is 1. The molecule has 0 saturated carbocycles. The maximum Gasteiger partial charge on any atom is 0.395 e. The second-order valence-electron chi connectivity index (χ2n) is 32.7. The molecule has 0 aliphatic carbocycles. The minimum Gasteiger partial charge on any atom is -0.493 e. The zero-order chi connectivity index (χ0) is 109. The molecule has 19 N–H and O–H groups in total. The molecule has 3 heterocycles. The number of fused-ring (bicyclic) bond motifs is 4. The average Bonchev–Trinajstić information content (AvgIpc) is 1.76. The van der Waals surface area contributed by atoms with E-state index in [0.717, 1.165) is 61.6 Å². The minimum atomic E-state index is -1.79. The first-order valence-corrected chi connectivity index (χ1v) is 46.4. The Kier molecular flexibility index (Phi) is 41.3. The van der Waals surface area contributed by atoms with E-state index in [1.54, 1.807) is 110 Å². The van der Waals surface area contributed by atoms with Gasteiger partial charge in [-0.25, -0.2) is 52.7 Å². The predicted octanol–water partition coefficient (Wildman–Crippen LogP) is 10.4. The molecule has 13 rings (SSSR count). The van der Waals surface area contributed by atoms with E-state index >= 15 is 0 Å². The van der Waals surface area contributed by atoms with Crippen LogP contribution in [-0.4, -0.2) is 225 Å². The highest BCUT2D eigenvalue weighted by atomic mass is 32.1. The van der Waals surface area contributed by atoms with Gasteiger partial charge in [0.05, 0.1) is 75.0 Å². The number of carbonyl (C=O) groups excluding carboxylic acids is 11. The van der Waals surface area contributed by atoms with Crippen LogP contribution in [0.2, 0.25) is 0 Å². The Hall–Kier alpha value is -18.8. The van der Waals surface area contributed by atoms with E-state index in [1.807, 2.05) is 29.6 Å². The van der Waals surface area contributed by atoms with Crippen LogP contribution in [0.15, 0.2) is 212 Å². The van der Waals surface area contributed by atoms with E-state index in [1.165, 1.54) is 98.8 Å². The summed E-state index contributed by atoms with van der Waals surface area (Å²) in [6.07, 6.45) is 5.21. The number of benzene rings is 10. The number of amides is 10. The molecule has 3 atom stereocenters. The Morgan fingerprint density at radius 3 is 1.50 bits per heavy atom. The number of rotatable bonds is 35. The molecule has 2 aliphatic rings. The summed E-state index contributed by atoms with van der Waals surface area (Å²) in [5.74, 6) is -23.4. The van der Waals surface area contributed by atoms with E-state index in [4.69, 9.17) is 35.6 Å². The molecular formula is C104H101N11O33S. The molecule has 1 unspecified atom stereocenters. The molecule has 10 amide bonds. The number of ether oxygens (including phenoxy) is 2. The standard InChI is InChI=1S/C40H36N2O11.C27H33N3O7.C19H15N3O7S.C9H10N2O3.C9H7NO5/c1-24(43)41-32(40(51)53-20-10-2-9-19-52-35-23-26-12-4-3-11-25(26)21-31(35)38(47)48)22-27-17-18-34(29-14-6-5-13-28(27)29)42(36(44)39(49)50)33-16-8-7-15-30(33)37(45)46;1-4-6-9-14-28-24(32)21(29-17(3)31)16-18-12-13-22(19(5-2)15-18)30(25(33)27(36)37)23-11-8-7-10-20(23)26(34)35;23-14(19(28)29)21-15-13(18(26)27)11-5-8(20-6-12(11)30-15)7-22-16(24)9-3-1-2-4-10(9)17(22)25;10-5-6-1-3-7(4-2-6)11-8(12)9(13)14;11-7(9(14)15)10-6-4-2-1-3-5(6)8(12)13/h3-8,11-18,21,23,32H,2,9-10,19-20,22H2,1H3,(H,41,43)(H,45,46)(H,47,48)(H,49,50);7-8,10-13,15,21H,4-6,9,14,16H2,1-3H3,(H,28,32)(H,29,31)(H,34,35)(H,36,37);1-4,8,20H,5-7H2,(H,21,23)(H,26,27)(H,28,29);1-4H,5,10H2,(H,11,12)(H,13,14);1-4H,(H,10,11)(H,12,13)(H,14,15)/t32-;;8-;;/m0.0../s1. The SMILES string of the molecule is CC(=O)N[C@@H](Cc1ccc(N(C(=O)C(=O)O)c2ccccc2C(=O)O)c2ccccc12)C(=O)OCCCCCOc1cc2ccccc2cc1C(=O)O.CCCCCNC(=O)C(Cc1ccc(N(C(=O)C(=O)O)c2ccccc2C(=O)O)c(CC)c1)NC(C)=O.NCc1ccc(NC(=O)C(=O)O)cc1.O=C(O)C(=O)Nc1ccccc1C(=O)O.O=C(O)C(=O)Nc1sc2c(c1C(=O)O)C[C@@H](CN1C(=O)c3ccccc3C1=O)NC2. The molecule has 149 heavy (non-hydrogen) atoms. The van der Waals surface area contributed by atoms with Crippen LogP contribution < -0.4 is 57.5 Å². The van der Waals surface area contributed by atoms with Gasteiger partial charge < -0.3 is 103 Å². The van der Waals surface area contributed by atoms with Crippen LogP contribution in [0.4, 0.5) is 39.1 Å². The Morgan fingerprint density at radius 2 is 0.960 bits per heavy atom. The summed E-state index contributed by atoms with van der Waals surface area (Å²) in [6.45, 7) is 7.99. The Labute approximate surface area is 850 Å². The van der Waals surface area contributed by atoms with Crippen molar-refractivity contribution in [2.24, 2.45) is 5.73 Å². The number of aliphatic carboxylic acids is 5. The molecule has 44 nitrogen and oxygen atoms in total. The summed E-state index contributed by atoms with van der Waals surface area (Å²) in [5, 5.41) is 112. The minimum absolute atomic E-state index is 0.0106. The van der Waals surface area contributed by atoms with Crippen LogP contribution >= 0.6 is 11.3 Å². The van der Waals surface area contributed by atoms with Crippen LogP contribution in [0.5, 0.6) is 5.75 Å². The van der Waals surface area contributed by atoms with Crippen molar-refractivity contribution in [3.63, 3.8) is 0 Å². The van der Waals surface area contributed by atoms with Gasteiger partial charge in [0.15, 0.2) is 0 Å². The lowest BCUT2D eigenvalue weighted by atomic mass is 9.96. The molecular weight excluding hydrogens is 1960 g/mol. The summed E-state index contributed by atoms with van der Waals surface area (Å²) in [7, 11) is 0. The highest BCUT2D eigenvalue weighted by molar-refractivity contribution is 7.17. The Balaban J connectivity index is 0.000000224. The zero-order valence-corrected chi connectivity index (χ0v) is 80.8. The lowest BCUT2D eigenvalue weighted by Crippen LogP contribution is -2.47. The largest absolute Gasteiger partial charge is 0.493 e. The number of carbonyl (C=O) groups is 21. The molecule has 0 saturated heterocycles. The molecule has 10 aromatic carbocycles. The van der Waals surface area contributed by atoms with Crippen LogP contribution in [0.25, 0.3) is 21.5 Å². The highest BCUT2D eigenvalue weighted by Gasteiger charge is 2.40. The lowest BCUT2D eigenvalue weighted by Gasteiger charge is -2.27. The number of unbranched alkanes of at least 4 members (excludes halogenated alkanes) is 4. The van der Waals surface area contributed by atoms with Gasteiger partial charge in [-0.05, 0) is 167 Å². The number of thiophene rings is 1. The van der Waals surface area contributed by atoms with Crippen molar-refractivity contribution in [2.75, 3.05) is 52.1 Å². The summed E-state index contributed by atoms with van der Waals surface area (Å²) in [6, 6.07) is 52.9. The Morgan fingerprint density at radius 1 is 0.463 bits per heavy atom. The lowest BCUT2D eigenvalue weighted by molar-refractivity contribution is -0.148. The van der Waals surface area contributed by atoms with Gasteiger partial charge in [-0.15, -0.1) is 11.3 Å². The Bertz CT molecular complexity index is 6990. The summed E-state index contributed by atoms with van der Waals surface area (Å²) >= 11 is 0.986. The van der Waals surface area contributed by atoms with Crippen molar-refractivity contribution in [1.29, 1.82) is 0 Å². The van der Waals surface area contributed by atoms with Gasteiger partial charge in [0, 0.05) is 74.9 Å². The van der Waals surface area contributed by atoms with Gasteiger partial charge in [-0.2, -0.15) is 0 Å². The number of aryl methyl sites for hydroxylation is 1. The van der Waals surface area contributed by atoms with Crippen LogP contribution in [-0.2, 0) is 111 Å². The number of para-hydroxylation sites is 3. The normalized spacial score (nSPS) is 12.2. The predicted molar refractivity (Wildman–Crippen MR) is 536 cm³/mol. The average molecular weight is 2070 g/mol. The van der Waals surface area contributed by atoms with Gasteiger partial charge in [0.1, 0.15) is 28.4 Å². The fourth-order valence-electron chi connectivity index (χ4n) is 15.5. The van der Waals surface area contributed by atoms with Gasteiger partial charge in [-0.3, -0.25) is 62.6 Å². The van der Waals surface area contributed by atoms with E-state index in [9.17, 15) is 131 Å². The number of carboxylic acid groups (broad SMARTS) is 10. The summed E-state index contributed by atoms with van der Waals surface area (Å²) < 4.78 is 11.3. The van der Waals surface area contributed by atoms with Crippen molar-refractivity contribution in [1.82, 2.24) is 26.2 Å². The van der Waals surface area contributed by atoms with Gasteiger partial charge >= 0.3 is 95.2 Å². The number of carboxylic acids is 10. The maximum atomic E-state index is 13.2. The van der Waals surface area contributed by atoms with Crippen molar-refractivity contribution in [2.45, 2.75) is 123 Å². The third-order valence-corrected chi connectivity index (χ3v) is 23.6. The fraction of sp³-hybridized carbons (Fsp3) is 0.221. The molecule has 0 bridgehead atoms. The van der Waals surface area contributed by atoms with E-state index in [0.29, 0.717) is 93.5 Å². The summed E-state index contributed by atoms with van der Waals surface area (Å²) in [4.78, 5) is 250. The first-order valence-electron chi connectivity index (χ1n) is 45.6. The smallest absolute Gasteiger partial charge is 0.395 e. The van der Waals surface area contributed by atoms with Crippen molar-refractivity contribution in [3.05, 3.63) is 284 Å². The summed E-state index contributed by atoms with van der Waals surface area (Å²) in [5.41, 5.74) is 8.94. The van der Waals surface area contributed by atoms with Crippen molar-refractivity contribution < 1.29 is 161 Å². The third-order valence-electron chi connectivity index (χ3n) is 22.4. The number of hydrogen-bond acceptors (Lipinski definition) is 26. The molecule has 776 valence electrons. The van der Waals surface area contributed by atoms with Crippen LogP contribution in [0.3, 0.4) is 0 Å². The molecule has 45 heteroatoms. The van der Waals surface area contributed by atoms with Gasteiger partial charge in [0.2, 0.25) is 17.7 Å². The number of aromatic carboxylic acids is 5. The quantitative estimate of drug-likeness (QED) is 0.00759. The molecule has 11 aromatic rings. The van der Waals surface area contributed by atoms with E-state index in [-0.39, 0.29) is 124 Å². The molecule has 0 spiro atoms.